The second kappa shape index (κ2) is 60.3. The van der Waals surface area contributed by atoms with Crippen molar-refractivity contribution in [1.82, 2.24) is 5.32 Å². The summed E-state index contributed by atoms with van der Waals surface area (Å²) in [6.07, 6.45) is 85.6. The number of hydrogen-bond acceptors (Lipinski definition) is 7. The second-order valence-electron chi connectivity index (χ2n) is 22.9. The van der Waals surface area contributed by atoms with Gasteiger partial charge in [-0.25, -0.2) is 0 Å². The van der Waals surface area contributed by atoms with Gasteiger partial charge >= 0.3 is 5.97 Å². The molecule has 0 aromatic heterocycles. The first-order valence-corrected chi connectivity index (χ1v) is 34.5. The van der Waals surface area contributed by atoms with E-state index in [4.69, 9.17) is 13.8 Å². The average molecular weight is 1160 g/mol. The van der Waals surface area contributed by atoms with E-state index in [9.17, 15) is 19.0 Å². The Bertz CT molecular complexity index is 1860. The first-order valence-electron chi connectivity index (χ1n) is 33.0. The third kappa shape index (κ3) is 60.7. The van der Waals surface area contributed by atoms with Gasteiger partial charge in [-0.3, -0.25) is 14.2 Å². The van der Waals surface area contributed by atoms with Crippen molar-refractivity contribution in [3.8, 4) is 0 Å². The fourth-order valence-corrected chi connectivity index (χ4v) is 9.53. The van der Waals surface area contributed by atoms with Crippen LogP contribution in [0.3, 0.4) is 0 Å². The molecule has 0 aliphatic heterocycles. The maximum absolute atomic E-state index is 13.6. The van der Waals surface area contributed by atoms with Crippen LogP contribution >= 0.6 is 7.82 Å². The summed E-state index contributed by atoms with van der Waals surface area (Å²) in [4.78, 5) is 40.1. The van der Waals surface area contributed by atoms with Crippen LogP contribution in [0.5, 0.6) is 0 Å². The minimum Gasteiger partial charge on any atom is -0.756 e. The molecule has 0 radical (unpaired) electrons. The van der Waals surface area contributed by atoms with E-state index in [0.29, 0.717) is 23.9 Å². The van der Waals surface area contributed by atoms with Crippen molar-refractivity contribution in [1.29, 1.82) is 0 Å². The van der Waals surface area contributed by atoms with Gasteiger partial charge in [0.2, 0.25) is 5.91 Å². The van der Waals surface area contributed by atoms with Crippen molar-refractivity contribution in [2.45, 2.75) is 270 Å². The lowest BCUT2D eigenvalue weighted by atomic mass is 10.0. The quantitative estimate of drug-likeness (QED) is 0.0212. The molecule has 0 aliphatic carbocycles. The number of nitrogens with zero attached hydrogens (tertiary/aromatic N) is 1. The zero-order valence-corrected chi connectivity index (χ0v) is 54.3. The van der Waals surface area contributed by atoms with Crippen LogP contribution in [0, 0.1) is 0 Å². The molecule has 3 atom stereocenters. The van der Waals surface area contributed by atoms with E-state index in [-0.39, 0.29) is 24.9 Å². The molecule has 0 aromatic rings. The van der Waals surface area contributed by atoms with Gasteiger partial charge in [-0.2, -0.15) is 0 Å². The Morgan fingerprint density at radius 2 is 0.780 bits per heavy atom. The van der Waals surface area contributed by atoms with Crippen LogP contribution in [-0.4, -0.2) is 69.4 Å². The molecule has 0 aliphatic rings. The Morgan fingerprint density at radius 3 is 1.18 bits per heavy atom. The van der Waals surface area contributed by atoms with E-state index in [2.05, 4.69) is 148 Å². The smallest absolute Gasteiger partial charge is 0.306 e. The molecule has 82 heavy (non-hydrogen) atoms. The number of ether oxygens (including phenoxy) is 1. The SMILES string of the molecule is CC/C=C\C/C=C\C/C=C\C/C=C\C/C=C\CCCCCCCCCCCC(=O)NC(COP(=O)([O-])OCC[N+](C)(C)C)C(/C=C\CCCCCCCCCCCC)OC(=O)CCCCC/C=C\C/C=C\C/C=C\C/C=C\C/C=C\CC. The van der Waals surface area contributed by atoms with E-state index in [1.807, 2.05) is 33.3 Å². The number of unbranched alkanes of at least 4 members (excludes halogenated alkanes) is 22. The Kier molecular flexibility index (Phi) is 57.4. The predicted octanol–water partition coefficient (Wildman–Crippen LogP) is 20.2. The maximum atomic E-state index is 13.6. The van der Waals surface area contributed by atoms with Gasteiger partial charge in [-0.15, -0.1) is 0 Å². The molecule has 0 heterocycles. The molecule has 0 spiro atoms. The Hall–Kier alpha value is -3.85. The molecule has 3 unspecified atom stereocenters. The highest BCUT2D eigenvalue weighted by molar-refractivity contribution is 7.45. The summed E-state index contributed by atoms with van der Waals surface area (Å²) in [6, 6.07) is -0.916. The molecule has 0 saturated carbocycles. The van der Waals surface area contributed by atoms with Crippen LogP contribution < -0.4 is 10.2 Å². The van der Waals surface area contributed by atoms with Gasteiger partial charge in [-0.1, -0.05) is 258 Å². The molecule has 0 bridgehead atoms. The van der Waals surface area contributed by atoms with Crippen LogP contribution in [0.2, 0.25) is 0 Å². The van der Waals surface area contributed by atoms with Gasteiger partial charge in [0.1, 0.15) is 19.3 Å². The van der Waals surface area contributed by atoms with Crippen LogP contribution in [-0.2, 0) is 27.9 Å². The average Bonchev–Trinajstić information content (AvgIpc) is 3.44. The molecule has 468 valence electrons. The monoisotopic (exact) mass is 1160 g/mol. The van der Waals surface area contributed by atoms with Gasteiger partial charge in [-0.05, 0) is 122 Å². The van der Waals surface area contributed by atoms with Gasteiger partial charge in [0, 0.05) is 12.8 Å². The number of phosphoric acid groups is 1. The third-order valence-electron chi connectivity index (χ3n) is 13.8. The first-order chi connectivity index (χ1) is 39.9. The predicted molar refractivity (Wildman–Crippen MR) is 353 cm³/mol. The standard InChI is InChI=1S/C72H123N2O7P/c1-7-10-13-16-19-22-25-28-30-32-34-35-36-37-38-39-41-42-44-46-49-52-55-58-61-64-71(75)73-69(68-80-82(77,78)79-67-66-74(4,5)6)70(63-60-57-54-51-48-27-24-21-18-15-12-9-3)81-72(76)65-62-59-56-53-50-47-45-43-40-33-31-29-26-23-20-17-14-11-8-2/h10-11,13-14,19-20,22-23,28-31,34-35,37-38,40,43,47,50,60,63,69-70H,7-9,12,15-18,21,24-27,32-33,36,39,41-42,44-46,48-49,51-59,61-62,64-68H2,1-6H3,(H-,73,75,77,78)/b13-10-,14-11-,22-19-,23-20-,30-28-,31-29-,35-34-,38-37-,43-40-,50-47-,63-60-. The number of carbonyl (C=O) groups excluding carboxylic acids is 2. The number of hydrogen-bond donors (Lipinski definition) is 1. The van der Waals surface area contributed by atoms with Crippen molar-refractivity contribution in [2.75, 3.05) is 40.9 Å². The summed E-state index contributed by atoms with van der Waals surface area (Å²) in [6.45, 7) is 6.58. The molecule has 0 fully saturated rings. The fourth-order valence-electron chi connectivity index (χ4n) is 8.81. The van der Waals surface area contributed by atoms with E-state index in [0.717, 1.165) is 135 Å². The minimum atomic E-state index is -4.72. The lowest BCUT2D eigenvalue weighted by Crippen LogP contribution is -2.47. The van der Waals surface area contributed by atoms with Crippen molar-refractivity contribution in [3.05, 3.63) is 134 Å². The maximum Gasteiger partial charge on any atom is 0.306 e. The summed E-state index contributed by atoms with van der Waals surface area (Å²) in [5.74, 6) is -0.593. The van der Waals surface area contributed by atoms with Crippen molar-refractivity contribution in [2.24, 2.45) is 0 Å². The van der Waals surface area contributed by atoms with Crippen molar-refractivity contribution in [3.63, 3.8) is 0 Å². The lowest BCUT2D eigenvalue weighted by Gasteiger charge is -2.30. The van der Waals surface area contributed by atoms with Crippen LogP contribution in [0.4, 0.5) is 0 Å². The number of esters is 1. The van der Waals surface area contributed by atoms with Gasteiger partial charge in [0.05, 0.1) is 33.8 Å². The number of quaternary nitrogens is 1. The number of carbonyl (C=O) groups is 2. The molecular formula is C72H123N2O7P. The van der Waals surface area contributed by atoms with E-state index in [1.165, 1.54) is 83.5 Å². The molecule has 1 amide bonds. The highest BCUT2D eigenvalue weighted by atomic mass is 31.2. The normalized spacial score (nSPS) is 14.5. The molecule has 0 aromatic carbocycles. The van der Waals surface area contributed by atoms with Crippen LogP contribution in [0.15, 0.2) is 134 Å². The number of allylic oxidation sites excluding steroid dienone is 21. The second-order valence-corrected chi connectivity index (χ2v) is 24.3. The van der Waals surface area contributed by atoms with E-state index >= 15 is 0 Å². The molecule has 0 rings (SSSR count). The van der Waals surface area contributed by atoms with Gasteiger partial charge in [0.25, 0.3) is 7.82 Å². The first kappa shape index (κ1) is 78.1. The number of phosphoric ester groups is 1. The third-order valence-corrected chi connectivity index (χ3v) is 14.8. The topological polar surface area (TPSA) is 114 Å². The number of amides is 1. The summed E-state index contributed by atoms with van der Waals surface area (Å²) in [5, 5.41) is 3.02. The molecule has 10 heteroatoms. The Morgan fingerprint density at radius 1 is 0.439 bits per heavy atom. The number of rotatable bonds is 58. The summed E-state index contributed by atoms with van der Waals surface area (Å²) in [5.41, 5.74) is 0. The summed E-state index contributed by atoms with van der Waals surface area (Å²) < 4.78 is 30.3. The number of nitrogens with one attached hydrogen (secondary N) is 1. The zero-order valence-electron chi connectivity index (χ0n) is 53.4. The summed E-state index contributed by atoms with van der Waals surface area (Å²) >= 11 is 0. The van der Waals surface area contributed by atoms with Crippen molar-refractivity contribution >= 4 is 19.7 Å². The zero-order chi connectivity index (χ0) is 60.0. The highest BCUT2D eigenvalue weighted by Gasteiger charge is 2.27. The molecular weight excluding hydrogens is 1040 g/mol. The van der Waals surface area contributed by atoms with Crippen molar-refractivity contribution < 1.29 is 37.3 Å². The lowest BCUT2D eigenvalue weighted by molar-refractivity contribution is -0.870. The Labute approximate surface area is 505 Å². The minimum absolute atomic E-state index is 0.0363. The molecule has 9 nitrogen and oxygen atoms in total. The van der Waals surface area contributed by atoms with E-state index in [1.54, 1.807) is 0 Å². The van der Waals surface area contributed by atoms with E-state index < -0.39 is 26.6 Å². The summed E-state index contributed by atoms with van der Waals surface area (Å²) in [7, 11) is 1.14. The highest BCUT2D eigenvalue weighted by Crippen LogP contribution is 2.38. The Balaban J connectivity index is 5.23. The van der Waals surface area contributed by atoms with Gasteiger partial charge < -0.3 is 28.5 Å². The molecule has 0 saturated heterocycles. The van der Waals surface area contributed by atoms with Gasteiger partial charge in [0.15, 0.2) is 0 Å². The van der Waals surface area contributed by atoms with Crippen LogP contribution in [0.25, 0.3) is 0 Å². The number of likely N-dealkylation sites (N-methyl/N-ethyl adjacent to an activating group) is 1. The fraction of sp³-hybridized carbons (Fsp3) is 0.667. The largest absolute Gasteiger partial charge is 0.756 e. The molecule has 1 N–H and O–H groups in total. The van der Waals surface area contributed by atoms with Crippen LogP contribution in [0.1, 0.15) is 258 Å².